The second kappa shape index (κ2) is 8.59. The van der Waals surface area contributed by atoms with E-state index in [0.29, 0.717) is 18.3 Å². The Labute approximate surface area is 176 Å². The molecular formula is C23H27N5O2. The summed E-state index contributed by atoms with van der Waals surface area (Å²) in [6.45, 7) is 2.32. The number of nitrogens with one attached hydrogen (secondary N) is 3. The maximum absolute atomic E-state index is 12.8. The van der Waals surface area contributed by atoms with Crippen LogP contribution in [0.3, 0.4) is 0 Å². The Morgan fingerprint density at radius 3 is 2.73 bits per heavy atom. The Morgan fingerprint density at radius 2 is 1.97 bits per heavy atom. The minimum absolute atomic E-state index is 0.0907. The maximum atomic E-state index is 12.8. The molecule has 0 saturated carbocycles. The van der Waals surface area contributed by atoms with Gasteiger partial charge in [-0.2, -0.15) is 0 Å². The number of likely N-dealkylation sites (N-methyl/N-ethyl adjacent to an activating group) is 1. The van der Waals surface area contributed by atoms with Crippen LogP contribution in [0.4, 0.5) is 10.5 Å². The normalized spacial score (nSPS) is 16.2. The molecule has 156 valence electrons. The van der Waals surface area contributed by atoms with Gasteiger partial charge in [0.25, 0.3) is 5.91 Å². The minimum Gasteiger partial charge on any atom is -0.354 e. The number of likely N-dealkylation sites (tertiary alicyclic amines) is 1. The summed E-state index contributed by atoms with van der Waals surface area (Å²) in [4.78, 5) is 31.8. The molecule has 4 rings (SSSR count). The van der Waals surface area contributed by atoms with Gasteiger partial charge in [-0.05, 0) is 43.3 Å². The van der Waals surface area contributed by atoms with Gasteiger partial charge in [-0.25, -0.2) is 4.79 Å². The lowest BCUT2D eigenvalue weighted by Gasteiger charge is -2.25. The van der Waals surface area contributed by atoms with Crippen LogP contribution >= 0.6 is 0 Å². The van der Waals surface area contributed by atoms with Crippen molar-refractivity contribution in [1.29, 1.82) is 0 Å². The topological polar surface area (TPSA) is 80.5 Å². The van der Waals surface area contributed by atoms with Gasteiger partial charge in [-0.1, -0.05) is 30.3 Å². The predicted molar refractivity (Wildman–Crippen MR) is 119 cm³/mol. The summed E-state index contributed by atoms with van der Waals surface area (Å²) in [5, 5.41) is 6.48. The van der Waals surface area contributed by atoms with E-state index >= 15 is 0 Å². The first-order valence-corrected chi connectivity index (χ1v) is 10.2. The fourth-order valence-corrected chi connectivity index (χ4v) is 3.96. The molecule has 0 bridgehead atoms. The molecule has 1 aliphatic heterocycles. The third-order valence-corrected chi connectivity index (χ3v) is 5.69. The lowest BCUT2D eigenvalue weighted by atomic mass is 10.1. The molecule has 3 N–H and O–H groups in total. The SMILES string of the molecule is CNC(=O)c1cc2cc(NC(=O)N3CCC(N(C)Cc4ccccc4)C3)ccc2[nH]1. The number of carbonyl (C=O) groups excluding carboxylic acids is 2. The van der Waals surface area contributed by atoms with Crippen molar-refractivity contribution in [3.05, 3.63) is 65.9 Å². The first-order chi connectivity index (χ1) is 14.5. The molecule has 1 unspecified atom stereocenters. The summed E-state index contributed by atoms with van der Waals surface area (Å²) in [5.41, 5.74) is 3.35. The molecule has 0 aliphatic carbocycles. The van der Waals surface area contributed by atoms with Gasteiger partial charge in [0.1, 0.15) is 5.69 Å². The van der Waals surface area contributed by atoms with E-state index in [1.807, 2.05) is 29.2 Å². The molecule has 1 atom stereocenters. The van der Waals surface area contributed by atoms with E-state index in [9.17, 15) is 9.59 Å². The van der Waals surface area contributed by atoms with Crippen LogP contribution in [-0.2, 0) is 6.54 Å². The van der Waals surface area contributed by atoms with Crippen LogP contribution in [-0.4, -0.2) is 59.9 Å². The van der Waals surface area contributed by atoms with E-state index in [2.05, 4.69) is 51.8 Å². The van der Waals surface area contributed by atoms with Crippen molar-refractivity contribution in [2.45, 2.75) is 19.0 Å². The maximum Gasteiger partial charge on any atom is 0.321 e. The predicted octanol–water partition coefficient (Wildman–Crippen LogP) is 3.27. The molecule has 1 aromatic heterocycles. The molecule has 0 radical (unpaired) electrons. The molecule has 1 aliphatic rings. The van der Waals surface area contributed by atoms with E-state index < -0.39 is 0 Å². The monoisotopic (exact) mass is 405 g/mol. The number of benzene rings is 2. The number of aromatic nitrogens is 1. The van der Waals surface area contributed by atoms with Crippen molar-refractivity contribution in [3.8, 4) is 0 Å². The van der Waals surface area contributed by atoms with Crippen molar-refractivity contribution in [2.75, 3.05) is 32.5 Å². The van der Waals surface area contributed by atoms with Crippen molar-refractivity contribution < 1.29 is 9.59 Å². The van der Waals surface area contributed by atoms with Gasteiger partial charge in [-0.15, -0.1) is 0 Å². The number of H-pyrrole nitrogens is 1. The Balaban J connectivity index is 1.36. The molecule has 1 saturated heterocycles. The molecule has 2 heterocycles. The van der Waals surface area contributed by atoms with E-state index in [4.69, 9.17) is 0 Å². The first-order valence-electron chi connectivity index (χ1n) is 10.2. The number of nitrogens with zero attached hydrogens (tertiary/aromatic N) is 2. The highest BCUT2D eigenvalue weighted by molar-refractivity contribution is 5.99. The summed E-state index contributed by atoms with van der Waals surface area (Å²) in [6, 6.07) is 18.0. The molecule has 0 spiro atoms. The first kappa shape index (κ1) is 20.0. The highest BCUT2D eigenvalue weighted by atomic mass is 16.2. The number of carbonyl (C=O) groups is 2. The molecule has 7 nitrogen and oxygen atoms in total. The fourth-order valence-electron chi connectivity index (χ4n) is 3.96. The van der Waals surface area contributed by atoms with Crippen LogP contribution in [0.15, 0.2) is 54.6 Å². The lowest BCUT2D eigenvalue weighted by molar-refractivity contribution is 0.0959. The van der Waals surface area contributed by atoms with Crippen LogP contribution in [0, 0.1) is 0 Å². The second-order valence-corrected chi connectivity index (χ2v) is 7.78. The van der Waals surface area contributed by atoms with Gasteiger partial charge in [0.15, 0.2) is 0 Å². The minimum atomic E-state index is -0.167. The summed E-state index contributed by atoms with van der Waals surface area (Å²) in [7, 11) is 3.71. The molecule has 1 fully saturated rings. The van der Waals surface area contributed by atoms with Gasteiger partial charge < -0.3 is 20.5 Å². The number of hydrogen-bond acceptors (Lipinski definition) is 3. The molecule has 2 aromatic carbocycles. The van der Waals surface area contributed by atoms with Crippen molar-refractivity contribution in [3.63, 3.8) is 0 Å². The second-order valence-electron chi connectivity index (χ2n) is 7.78. The van der Waals surface area contributed by atoms with Gasteiger partial charge >= 0.3 is 6.03 Å². The highest BCUT2D eigenvalue weighted by Gasteiger charge is 2.29. The summed E-state index contributed by atoms with van der Waals surface area (Å²) >= 11 is 0. The summed E-state index contributed by atoms with van der Waals surface area (Å²) in [5.74, 6) is -0.167. The quantitative estimate of drug-likeness (QED) is 0.609. The third kappa shape index (κ3) is 4.31. The smallest absolute Gasteiger partial charge is 0.321 e. The average molecular weight is 406 g/mol. The van der Waals surface area contributed by atoms with Crippen LogP contribution in [0.5, 0.6) is 0 Å². The zero-order valence-electron chi connectivity index (χ0n) is 17.3. The number of amides is 3. The van der Waals surface area contributed by atoms with Gasteiger partial charge in [0.05, 0.1) is 0 Å². The largest absolute Gasteiger partial charge is 0.354 e. The number of aromatic amines is 1. The van der Waals surface area contributed by atoms with Crippen LogP contribution < -0.4 is 10.6 Å². The summed E-state index contributed by atoms with van der Waals surface area (Å²) in [6.07, 6.45) is 0.961. The van der Waals surface area contributed by atoms with Crippen LogP contribution in [0.2, 0.25) is 0 Å². The Kier molecular flexibility index (Phi) is 5.72. The number of hydrogen-bond donors (Lipinski definition) is 3. The van der Waals surface area contributed by atoms with Crippen molar-refractivity contribution >= 4 is 28.5 Å². The van der Waals surface area contributed by atoms with Crippen molar-refractivity contribution in [2.24, 2.45) is 0 Å². The van der Waals surface area contributed by atoms with Crippen molar-refractivity contribution in [1.82, 2.24) is 20.1 Å². The molecular weight excluding hydrogens is 378 g/mol. The zero-order chi connectivity index (χ0) is 21.1. The highest BCUT2D eigenvalue weighted by Crippen LogP contribution is 2.22. The number of urea groups is 1. The van der Waals surface area contributed by atoms with Gasteiger partial charge in [0.2, 0.25) is 0 Å². The lowest BCUT2D eigenvalue weighted by Crippen LogP contribution is -2.38. The van der Waals surface area contributed by atoms with Crippen LogP contribution in [0.1, 0.15) is 22.5 Å². The fraction of sp³-hybridized carbons (Fsp3) is 0.304. The van der Waals surface area contributed by atoms with E-state index in [1.165, 1.54) is 5.56 Å². The van der Waals surface area contributed by atoms with Crippen LogP contribution in [0.25, 0.3) is 10.9 Å². The van der Waals surface area contributed by atoms with E-state index in [-0.39, 0.29) is 11.9 Å². The molecule has 30 heavy (non-hydrogen) atoms. The molecule has 3 amide bonds. The van der Waals surface area contributed by atoms with E-state index in [0.717, 1.165) is 36.1 Å². The summed E-state index contributed by atoms with van der Waals surface area (Å²) < 4.78 is 0. The standard InChI is InChI=1S/C23H27N5O2/c1-24-22(29)21-13-17-12-18(8-9-20(17)26-21)25-23(30)28-11-10-19(15-28)27(2)14-16-6-4-3-5-7-16/h3-9,12-13,19,26H,10-11,14-15H2,1-2H3,(H,24,29)(H,25,30). The molecule has 3 aromatic rings. The Hall–Kier alpha value is -3.32. The van der Waals surface area contributed by atoms with E-state index in [1.54, 1.807) is 13.1 Å². The Morgan fingerprint density at radius 1 is 1.17 bits per heavy atom. The van der Waals surface area contributed by atoms with Gasteiger partial charge in [0, 0.05) is 49.3 Å². The number of fused-ring (bicyclic) bond motifs is 1. The third-order valence-electron chi connectivity index (χ3n) is 5.69. The zero-order valence-corrected chi connectivity index (χ0v) is 17.3. The average Bonchev–Trinajstić information content (AvgIpc) is 3.41. The number of anilines is 1. The molecule has 7 heteroatoms. The number of rotatable bonds is 5. The Bertz CT molecular complexity index is 1050. The van der Waals surface area contributed by atoms with Gasteiger partial charge in [-0.3, -0.25) is 9.69 Å².